The topological polar surface area (TPSA) is 48.1 Å². The molecule has 1 aromatic carbocycles. The number of morpholine rings is 1. The quantitative estimate of drug-likeness (QED) is 0.674. The molecule has 0 spiro atoms. The maximum Gasteiger partial charge on any atom is 0.0953 e. The highest BCUT2D eigenvalue weighted by Crippen LogP contribution is 2.26. The first-order chi connectivity index (χ1) is 13.2. The highest BCUT2D eigenvalue weighted by molar-refractivity contribution is 5.61. The lowest BCUT2D eigenvalue weighted by Crippen LogP contribution is -2.39. The van der Waals surface area contributed by atoms with Gasteiger partial charge in [-0.2, -0.15) is 5.10 Å². The van der Waals surface area contributed by atoms with E-state index in [1.807, 2.05) is 24.8 Å². The van der Waals surface area contributed by atoms with Gasteiger partial charge in [0.15, 0.2) is 0 Å². The summed E-state index contributed by atoms with van der Waals surface area (Å²) in [4.78, 5) is 6.89. The second kappa shape index (κ2) is 8.06. The van der Waals surface area contributed by atoms with Crippen molar-refractivity contribution < 1.29 is 4.74 Å². The number of aromatic nitrogens is 4. The number of benzene rings is 1. The maximum absolute atomic E-state index is 5.46. The number of nitrogens with zero attached hydrogens (tertiary/aromatic N) is 5. The average Bonchev–Trinajstić information content (AvgIpc) is 3.31. The first-order valence-corrected chi connectivity index (χ1v) is 9.61. The van der Waals surface area contributed by atoms with E-state index in [-0.39, 0.29) is 0 Å². The van der Waals surface area contributed by atoms with Gasteiger partial charge in [-0.05, 0) is 19.4 Å². The Morgan fingerprint density at radius 1 is 1.11 bits per heavy atom. The first kappa shape index (κ1) is 17.9. The molecule has 0 radical (unpaired) electrons. The molecule has 6 heteroatoms. The molecule has 3 heterocycles. The van der Waals surface area contributed by atoms with Crippen molar-refractivity contribution in [3.63, 3.8) is 0 Å². The van der Waals surface area contributed by atoms with E-state index in [1.165, 1.54) is 11.3 Å². The fourth-order valence-corrected chi connectivity index (χ4v) is 3.72. The van der Waals surface area contributed by atoms with Gasteiger partial charge in [-0.1, -0.05) is 30.3 Å². The van der Waals surface area contributed by atoms with Crippen molar-refractivity contribution in [2.24, 2.45) is 0 Å². The van der Waals surface area contributed by atoms with Crippen molar-refractivity contribution >= 4 is 0 Å². The molecular weight excluding hydrogens is 338 g/mol. The minimum absolute atomic E-state index is 0.345. The molecule has 1 aliphatic rings. The van der Waals surface area contributed by atoms with E-state index < -0.39 is 0 Å². The predicted octanol–water partition coefficient (Wildman–Crippen LogP) is 3.00. The van der Waals surface area contributed by atoms with Gasteiger partial charge < -0.3 is 9.30 Å². The van der Waals surface area contributed by atoms with Crippen LogP contribution in [0.2, 0.25) is 0 Å². The summed E-state index contributed by atoms with van der Waals surface area (Å²) in [6.45, 7) is 9.84. The largest absolute Gasteiger partial charge is 0.379 e. The van der Waals surface area contributed by atoms with Gasteiger partial charge in [-0.25, -0.2) is 4.98 Å². The van der Waals surface area contributed by atoms with Crippen LogP contribution < -0.4 is 0 Å². The summed E-state index contributed by atoms with van der Waals surface area (Å²) >= 11 is 0. The van der Waals surface area contributed by atoms with Gasteiger partial charge in [0.2, 0.25) is 0 Å². The lowest BCUT2D eigenvalue weighted by molar-refractivity contribution is 0.0326. The minimum Gasteiger partial charge on any atom is -0.379 e. The Morgan fingerprint density at radius 3 is 2.67 bits per heavy atom. The first-order valence-electron chi connectivity index (χ1n) is 9.61. The summed E-state index contributed by atoms with van der Waals surface area (Å²) in [7, 11) is 0. The summed E-state index contributed by atoms with van der Waals surface area (Å²) in [5, 5.41) is 4.63. The summed E-state index contributed by atoms with van der Waals surface area (Å²) in [5.41, 5.74) is 4.70. The Labute approximate surface area is 160 Å². The van der Waals surface area contributed by atoms with Crippen LogP contribution in [0.4, 0.5) is 0 Å². The van der Waals surface area contributed by atoms with Crippen LogP contribution in [0, 0.1) is 6.92 Å². The molecule has 1 aliphatic heterocycles. The van der Waals surface area contributed by atoms with Crippen molar-refractivity contribution in [3.8, 4) is 11.3 Å². The summed E-state index contributed by atoms with van der Waals surface area (Å²) in [5.74, 6) is 0. The Hall–Kier alpha value is -2.44. The van der Waals surface area contributed by atoms with Crippen molar-refractivity contribution in [3.05, 3.63) is 60.3 Å². The van der Waals surface area contributed by atoms with Crippen LogP contribution >= 0.6 is 0 Å². The molecule has 6 nitrogen and oxygen atoms in total. The monoisotopic (exact) mass is 365 g/mol. The molecule has 142 valence electrons. The van der Waals surface area contributed by atoms with Gasteiger partial charge in [0.1, 0.15) is 0 Å². The number of imidazole rings is 1. The Kier molecular flexibility index (Phi) is 5.36. The maximum atomic E-state index is 5.46. The highest BCUT2D eigenvalue weighted by atomic mass is 16.5. The number of hydrogen-bond acceptors (Lipinski definition) is 4. The molecule has 0 unspecified atom stereocenters. The SMILES string of the molecule is Cc1c(-c2cncn2[C@@H](C)CN2CCOCC2)cnn1Cc1ccccc1. The zero-order chi connectivity index (χ0) is 18.6. The lowest BCUT2D eigenvalue weighted by atomic mass is 10.1. The highest BCUT2D eigenvalue weighted by Gasteiger charge is 2.19. The Morgan fingerprint density at radius 2 is 1.89 bits per heavy atom. The predicted molar refractivity (Wildman–Crippen MR) is 106 cm³/mol. The number of rotatable bonds is 6. The fourth-order valence-electron chi connectivity index (χ4n) is 3.72. The van der Waals surface area contributed by atoms with Crippen molar-refractivity contribution in [2.45, 2.75) is 26.4 Å². The summed E-state index contributed by atoms with van der Waals surface area (Å²) < 4.78 is 9.79. The molecule has 1 atom stereocenters. The van der Waals surface area contributed by atoms with E-state index in [4.69, 9.17) is 4.74 Å². The molecule has 0 N–H and O–H groups in total. The van der Waals surface area contributed by atoms with Crippen molar-refractivity contribution in [2.75, 3.05) is 32.8 Å². The van der Waals surface area contributed by atoms with Crippen LogP contribution in [0.15, 0.2) is 49.1 Å². The van der Waals surface area contributed by atoms with Crippen LogP contribution in [0.5, 0.6) is 0 Å². The van der Waals surface area contributed by atoms with Crippen LogP contribution in [0.1, 0.15) is 24.2 Å². The molecule has 0 amide bonds. The van der Waals surface area contributed by atoms with Gasteiger partial charge >= 0.3 is 0 Å². The molecule has 0 bridgehead atoms. The fraction of sp³-hybridized carbons (Fsp3) is 0.429. The molecule has 0 aliphatic carbocycles. The third kappa shape index (κ3) is 3.96. The van der Waals surface area contributed by atoms with E-state index in [0.29, 0.717) is 6.04 Å². The zero-order valence-corrected chi connectivity index (χ0v) is 16.1. The number of hydrogen-bond donors (Lipinski definition) is 0. The molecule has 4 rings (SSSR count). The third-order valence-electron chi connectivity index (χ3n) is 5.32. The zero-order valence-electron chi connectivity index (χ0n) is 16.1. The Balaban J connectivity index is 1.53. The van der Waals surface area contributed by atoms with Crippen LogP contribution in [0.25, 0.3) is 11.3 Å². The van der Waals surface area contributed by atoms with Crippen LogP contribution in [-0.4, -0.2) is 57.1 Å². The number of ether oxygens (including phenoxy) is 1. The van der Waals surface area contributed by atoms with Crippen molar-refractivity contribution in [1.82, 2.24) is 24.2 Å². The Bertz CT molecular complexity index is 864. The second-order valence-corrected chi connectivity index (χ2v) is 7.24. The van der Waals surface area contributed by atoms with Crippen LogP contribution in [-0.2, 0) is 11.3 Å². The molecule has 3 aromatic rings. The molecule has 0 saturated carbocycles. The lowest BCUT2D eigenvalue weighted by Gasteiger charge is -2.30. The van der Waals surface area contributed by atoms with Crippen LogP contribution in [0.3, 0.4) is 0 Å². The van der Waals surface area contributed by atoms with Crippen molar-refractivity contribution in [1.29, 1.82) is 0 Å². The van der Waals surface area contributed by atoms with E-state index >= 15 is 0 Å². The molecule has 1 saturated heterocycles. The van der Waals surface area contributed by atoms with Gasteiger partial charge in [0, 0.05) is 36.9 Å². The normalized spacial score (nSPS) is 16.5. The van der Waals surface area contributed by atoms with Gasteiger partial charge in [0.25, 0.3) is 0 Å². The molecule has 1 fully saturated rings. The van der Waals surface area contributed by atoms with E-state index in [1.54, 1.807) is 0 Å². The summed E-state index contributed by atoms with van der Waals surface area (Å²) in [6.07, 6.45) is 5.86. The molecular formula is C21H27N5O. The second-order valence-electron chi connectivity index (χ2n) is 7.24. The van der Waals surface area contributed by atoms with E-state index in [9.17, 15) is 0 Å². The van der Waals surface area contributed by atoms with Gasteiger partial charge in [0.05, 0.1) is 44.2 Å². The third-order valence-corrected chi connectivity index (χ3v) is 5.32. The average molecular weight is 365 g/mol. The van der Waals surface area contributed by atoms with Gasteiger partial charge in [-0.15, -0.1) is 0 Å². The standard InChI is InChI=1S/C21H27N5O/c1-17(14-24-8-10-27-11-9-24)25-16-22-13-21(25)20-12-23-26(18(20)2)15-19-6-4-3-5-7-19/h3-7,12-13,16-17H,8-11,14-15H2,1-2H3/t17-/m0/s1. The summed E-state index contributed by atoms with van der Waals surface area (Å²) in [6, 6.07) is 10.8. The molecule has 2 aromatic heterocycles. The molecule has 27 heavy (non-hydrogen) atoms. The smallest absolute Gasteiger partial charge is 0.0953 e. The van der Waals surface area contributed by atoms with E-state index in [2.05, 4.69) is 62.3 Å². The van der Waals surface area contributed by atoms with E-state index in [0.717, 1.165) is 50.7 Å². The van der Waals surface area contributed by atoms with Gasteiger partial charge in [-0.3, -0.25) is 9.58 Å². The minimum atomic E-state index is 0.345.